The molecule has 1 N–H and O–H groups in total. The van der Waals surface area contributed by atoms with Crippen LogP contribution >= 0.6 is 11.3 Å². The molecule has 0 aliphatic rings. The molecule has 124 valence electrons. The van der Waals surface area contributed by atoms with Gasteiger partial charge in [0.1, 0.15) is 5.75 Å². The summed E-state index contributed by atoms with van der Waals surface area (Å²) in [7, 11) is 1.60. The molecule has 1 atom stereocenters. The largest absolute Gasteiger partial charge is 0.497 e. The summed E-state index contributed by atoms with van der Waals surface area (Å²) in [6.07, 6.45) is 1.10. The number of anilines is 1. The average Bonchev–Trinajstić information content (AvgIpc) is 3.02. The summed E-state index contributed by atoms with van der Waals surface area (Å²) in [5, 5.41) is 3.49. The van der Waals surface area contributed by atoms with Crippen molar-refractivity contribution in [3.8, 4) is 5.75 Å². The Kier molecular flexibility index (Phi) is 4.81. The van der Waals surface area contributed by atoms with Crippen LogP contribution in [0.5, 0.6) is 5.75 Å². The first-order chi connectivity index (χ1) is 11.6. The molecule has 3 rings (SSSR count). The molecule has 2 aromatic carbocycles. The molecule has 0 fully saturated rings. The maximum Gasteiger partial charge on any atom is 0.257 e. The Labute approximate surface area is 145 Å². The Morgan fingerprint density at radius 2 is 2.00 bits per heavy atom. The smallest absolute Gasteiger partial charge is 0.257 e. The third kappa shape index (κ3) is 3.41. The summed E-state index contributed by atoms with van der Waals surface area (Å²) in [4.78, 5) is 16.8. The number of nitrogens with zero attached hydrogens (tertiary/aromatic N) is 1. The fourth-order valence-electron chi connectivity index (χ4n) is 2.45. The first kappa shape index (κ1) is 16.5. The number of nitrogens with one attached hydrogen (secondary N) is 1. The second-order valence-electron chi connectivity index (χ2n) is 5.74. The van der Waals surface area contributed by atoms with Gasteiger partial charge in [0, 0.05) is 5.56 Å². The van der Waals surface area contributed by atoms with Crippen LogP contribution < -0.4 is 10.1 Å². The average molecular weight is 340 g/mol. The van der Waals surface area contributed by atoms with Crippen molar-refractivity contribution in [3.05, 3.63) is 53.6 Å². The molecule has 0 saturated carbocycles. The monoisotopic (exact) mass is 340 g/mol. The van der Waals surface area contributed by atoms with E-state index in [1.165, 1.54) is 16.9 Å². The maximum absolute atomic E-state index is 12.3. The minimum absolute atomic E-state index is 0.168. The molecule has 0 aliphatic heterocycles. The van der Waals surface area contributed by atoms with Gasteiger partial charge in [-0.25, -0.2) is 4.98 Å². The third-order valence-corrected chi connectivity index (χ3v) is 5.10. The van der Waals surface area contributed by atoms with Gasteiger partial charge in [-0.15, -0.1) is 0 Å². The molecule has 3 aromatic rings. The Morgan fingerprint density at radius 1 is 1.25 bits per heavy atom. The number of amides is 1. The molecule has 5 heteroatoms. The molecular weight excluding hydrogens is 320 g/mol. The normalized spacial score (nSPS) is 12.1. The lowest BCUT2D eigenvalue weighted by Crippen LogP contribution is -2.11. The highest BCUT2D eigenvalue weighted by Crippen LogP contribution is 2.30. The molecule has 4 nitrogen and oxygen atoms in total. The van der Waals surface area contributed by atoms with E-state index in [9.17, 15) is 4.79 Å². The quantitative estimate of drug-likeness (QED) is 0.705. The minimum atomic E-state index is -0.168. The van der Waals surface area contributed by atoms with Crippen LogP contribution in [0.15, 0.2) is 42.5 Å². The van der Waals surface area contributed by atoms with Gasteiger partial charge in [0.05, 0.1) is 17.3 Å². The summed E-state index contributed by atoms with van der Waals surface area (Å²) < 4.78 is 6.20. The molecule has 0 bridgehead atoms. The molecule has 0 spiro atoms. The minimum Gasteiger partial charge on any atom is -0.497 e. The zero-order chi connectivity index (χ0) is 17.1. The van der Waals surface area contributed by atoms with Crippen LogP contribution in [0, 0.1) is 0 Å². The number of benzene rings is 2. The number of carbonyl (C=O) groups excluding carboxylic acids is 1. The first-order valence-electron chi connectivity index (χ1n) is 7.96. The van der Waals surface area contributed by atoms with Crippen LogP contribution in [-0.2, 0) is 0 Å². The Balaban J connectivity index is 1.80. The van der Waals surface area contributed by atoms with Gasteiger partial charge >= 0.3 is 0 Å². The highest BCUT2D eigenvalue weighted by atomic mass is 32.1. The second-order valence-corrected chi connectivity index (χ2v) is 6.77. The maximum atomic E-state index is 12.3. The number of hydrogen-bond acceptors (Lipinski definition) is 4. The lowest BCUT2D eigenvalue weighted by molar-refractivity contribution is 0.102. The van der Waals surface area contributed by atoms with Gasteiger partial charge in [0.2, 0.25) is 0 Å². The SMILES string of the molecule is CCC(C)c1ccc2nc(NC(=O)c3ccc(OC)cc3)sc2c1. The van der Waals surface area contributed by atoms with Crippen molar-refractivity contribution >= 4 is 32.6 Å². The lowest BCUT2D eigenvalue weighted by Gasteiger charge is -2.07. The van der Waals surface area contributed by atoms with E-state index < -0.39 is 0 Å². The van der Waals surface area contributed by atoms with Gasteiger partial charge in [-0.1, -0.05) is 31.3 Å². The summed E-state index contributed by atoms with van der Waals surface area (Å²) in [6.45, 7) is 4.40. The predicted octanol–water partition coefficient (Wildman–Crippen LogP) is 5.07. The Morgan fingerprint density at radius 3 is 2.67 bits per heavy atom. The highest BCUT2D eigenvalue weighted by molar-refractivity contribution is 7.22. The number of ether oxygens (including phenoxy) is 1. The van der Waals surface area contributed by atoms with Crippen molar-refractivity contribution < 1.29 is 9.53 Å². The van der Waals surface area contributed by atoms with Crippen molar-refractivity contribution in [1.82, 2.24) is 4.98 Å². The van der Waals surface area contributed by atoms with E-state index in [-0.39, 0.29) is 5.91 Å². The molecule has 0 saturated heterocycles. The van der Waals surface area contributed by atoms with Crippen LogP contribution in [0.1, 0.15) is 42.1 Å². The van der Waals surface area contributed by atoms with Crippen LogP contribution in [0.4, 0.5) is 5.13 Å². The number of thiazole rings is 1. The number of hydrogen-bond donors (Lipinski definition) is 1. The Hall–Kier alpha value is -2.40. The van der Waals surface area contributed by atoms with Gasteiger partial charge in [0.15, 0.2) is 5.13 Å². The second kappa shape index (κ2) is 7.01. The van der Waals surface area contributed by atoms with Crippen molar-refractivity contribution in [2.75, 3.05) is 12.4 Å². The lowest BCUT2D eigenvalue weighted by atomic mass is 9.99. The summed E-state index contributed by atoms with van der Waals surface area (Å²) in [5.41, 5.74) is 2.80. The molecule has 24 heavy (non-hydrogen) atoms. The van der Waals surface area contributed by atoms with E-state index >= 15 is 0 Å². The van der Waals surface area contributed by atoms with E-state index in [1.54, 1.807) is 31.4 Å². The summed E-state index contributed by atoms with van der Waals surface area (Å²) >= 11 is 1.50. The van der Waals surface area contributed by atoms with Crippen LogP contribution in [0.25, 0.3) is 10.2 Å². The fraction of sp³-hybridized carbons (Fsp3) is 0.263. The zero-order valence-electron chi connectivity index (χ0n) is 14.0. The summed E-state index contributed by atoms with van der Waals surface area (Å²) in [5.74, 6) is 1.08. The fourth-order valence-corrected chi connectivity index (χ4v) is 3.36. The number of aromatic nitrogens is 1. The van der Waals surface area contributed by atoms with Crippen molar-refractivity contribution in [2.24, 2.45) is 0 Å². The van der Waals surface area contributed by atoms with E-state index in [2.05, 4.69) is 36.3 Å². The molecule has 0 radical (unpaired) electrons. The number of methoxy groups -OCH3 is 1. The summed E-state index contributed by atoms with van der Waals surface area (Å²) in [6, 6.07) is 13.3. The van der Waals surface area contributed by atoms with Crippen molar-refractivity contribution in [2.45, 2.75) is 26.2 Å². The first-order valence-corrected chi connectivity index (χ1v) is 8.78. The standard InChI is InChI=1S/C19H20N2O2S/c1-4-12(2)14-7-10-16-17(11-14)24-19(20-16)21-18(22)13-5-8-15(23-3)9-6-13/h5-12H,4H2,1-3H3,(H,20,21,22). The third-order valence-electron chi connectivity index (χ3n) is 4.17. The van der Waals surface area contributed by atoms with Gasteiger partial charge in [-0.3, -0.25) is 10.1 Å². The molecular formula is C19H20N2O2S. The molecule has 1 unspecified atom stereocenters. The van der Waals surface area contributed by atoms with E-state index in [4.69, 9.17) is 4.74 Å². The van der Waals surface area contributed by atoms with E-state index in [0.717, 1.165) is 22.4 Å². The van der Waals surface area contributed by atoms with Gasteiger partial charge in [-0.05, 0) is 54.3 Å². The van der Waals surface area contributed by atoms with Crippen LogP contribution in [0.2, 0.25) is 0 Å². The van der Waals surface area contributed by atoms with Gasteiger partial charge in [-0.2, -0.15) is 0 Å². The highest BCUT2D eigenvalue weighted by Gasteiger charge is 2.11. The number of carbonyl (C=O) groups is 1. The molecule has 1 aromatic heterocycles. The van der Waals surface area contributed by atoms with Crippen LogP contribution in [-0.4, -0.2) is 18.0 Å². The van der Waals surface area contributed by atoms with E-state index in [1.807, 2.05) is 6.07 Å². The van der Waals surface area contributed by atoms with Gasteiger partial charge in [0.25, 0.3) is 5.91 Å². The van der Waals surface area contributed by atoms with Crippen molar-refractivity contribution in [3.63, 3.8) is 0 Å². The zero-order valence-corrected chi connectivity index (χ0v) is 14.8. The molecule has 1 amide bonds. The predicted molar refractivity (Wildman–Crippen MR) is 99.3 cm³/mol. The molecule has 1 heterocycles. The number of fused-ring (bicyclic) bond motifs is 1. The van der Waals surface area contributed by atoms with Gasteiger partial charge < -0.3 is 4.74 Å². The van der Waals surface area contributed by atoms with Crippen molar-refractivity contribution in [1.29, 1.82) is 0 Å². The number of rotatable bonds is 5. The Bertz CT molecular complexity index is 855. The van der Waals surface area contributed by atoms with E-state index in [0.29, 0.717) is 16.6 Å². The molecule has 0 aliphatic carbocycles. The topological polar surface area (TPSA) is 51.2 Å². The van der Waals surface area contributed by atoms with Crippen LogP contribution in [0.3, 0.4) is 0 Å².